The molecule has 1 amide bonds. The second kappa shape index (κ2) is 5.29. The van der Waals surface area contributed by atoms with E-state index in [-0.39, 0.29) is 5.71 Å². The van der Waals surface area contributed by atoms with Gasteiger partial charge in [-0.05, 0) is 30.3 Å². The van der Waals surface area contributed by atoms with Gasteiger partial charge in [-0.15, -0.1) is 0 Å². The van der Waals surface area contributed by atoms with Crippen LogP contribution in [0.3, 0.4) is 0 Å². The number of nitrogens with two attached hydrogens (primary N) is 2. The zero-order valence-corrected chi connectivity index (χ0v) is 11.7. The fourth-order valence-corrected chi connectivity index (χ4v) is 2.27. The van der Waals surface area contributed by atoms with E-state index in [1.165, 1.54) is 6.07 Å². The minimum Gasteiger partial charge on any atom is -0.398 e. The van der Waals surface area contributed by atoms with E-state index in [9.17, 15) is 4.79 Å². The van der Waals surface area contributed by atoms with E-state index in [1.807, 2.05) is 30.3 Å². The first kappa shape index (κ1) is 13.8. The van der Waals surface area contributed by atoms with E-state index >= 15 is 0 Å². The number of amides is 1. The number of benzene rings is 2. The number of primary amides is 1. The zero-order valence-electron chi connectivity index (χ0n) is 11.7. The van der Waals surface area contributed by atoms with Crippen molar-refractivity contribution in [3.8, 4) is 0 Å². The number of carbonyl (C=O) groups excluding carboxylic acids is 1. The molecule has 0 aliphatic carbocycles. The van der Waals surface area contributed by atoms with Gasteiger partial charge in [0, 0.05) is 22.2 Å². The van der Waals surface area contributed by atoms with Crippen molar-refractivity contribution in [1.82, 2.24) is 4.98 Å². The topological polar surface area (TPSA) is 106 Å². The minimum absolute atomic E-state index is 0.159. The lowest BCUT2D eigenvalue weighted by Crippen LogP contribution is -2.14. The maximum absolute atomic E-state index is 11.3. The molecule has 5 N–H and O–H groups in total. The molecule has 1 aromatic heterocycles. The standard InChI is InChI=1S/C17H14N4O/c18-13-7-5-11(17(20)22)9-12(13)16(19)15-8-6-10-3-1-2-4-14(10)21-15/h1-9,19H,18H2,(H2,20,22). The van der Waals surface area contributed by atoms with Gasteiger partial charge in [-0.2, -0.15) is 0 Å². The summed E-state index contributed by atoms with van der Waals surface area (Å²) in [7, 11) is 0. The predicted molar refractivity (Wildman–Crippen MR) is 87.0 cm³/mol. The van der Waals surface area contributed by atoms with Crippen molar-refractivity contribution in [1.29, 1.82) is 5.41 Å². The summed E-state index contributed by atoms with van der Waals surface area (Å²) in [6.07, 6.45) is 0. The number of aromatic nitrogens is 1. The van der Waals surface area contributed by atoms with Gasteiger partial charge in [0.05, 0.1) is 16.9 Å². The largest absolute Gasteiger partial charge is 0.398 e. The molecule has 5 nitrogen and oxygen atoms in total. The van der Waals surface area contributed by atoms with Crippen molar-refractivity contribution in [3.05, 3.63) is 71.4 Å². The predicted octanol–water partition coefficient (Wildman–Crippen LogP) is 2.33. The SMILES string of the molecule is N=C(c1ccc2ccccc2n1)c1cc(C(N)=O)ccc1N. The normalized spacial score (nSPS) is 10.5. The molecule has 3 rings (SSSR count). The number of anilines is 1. The molecule has 0 bridgehead atoms. The van der Waals surface area contributed by atoms with Crippen molar-refractivity contribution < 1.29 is 4.79 Å². The third-order valence-corrected chi connectivity index (χ3v) is 3.46. The maximum atomic E-state index is 11.3. The number of nitrogens with one attached hydrogen (secondary N) is 1. The molecule has 0 spiro atoms. The van der Waals surface area contributed by atoms with Crippen LogP contribution in [0.5, 0.6) is 0 Å². The van der Waals surface area contributed by atoms with Crippen LogP contribution in [0.2, 0.25) is 0 Å². The smallest absolute Gasteiger partial charge is 0.248 e. The Balaban J connectivity index is 2.09. The number of fused-ring (bicyclic) bond motifs is 1. The van der Waals surface area contributed by atoms with Crippen LogP contribution < -0.4 is 11.5 Å². The fraction of sp³-hybridized carbons (Fsp3) is 0. The lowest BCUT2D eigenvalue weighted by molar-refractivity contribution is 0.100. The monoisotopic (exact) mass is 290 g/mol. The number of rotatable bonds is 3. The Morgan fingerprint density at radius 2 is 1.82 bits per heavy atom. The van der Waals surface area contributed by atoms with E-state index in [1.54, 1.807) is 18.2 Å². The molecule has 0 fully saturated rings. The van der Waals surface area contributed by atoms with Crippen molar-refractivity contribution in [2.75, 3.05) is 5.73 Å². The van der Waals surface area contributed by atoms with Gasteiger partial charge in [0.15, 0.2) is 0 Å². The van der Waals surface area contributed by atoms with Crippen LogP contribution in [-0.2, 0) is 0 Å². The van der Waals surface area contributed by atoms with Gasteiger partial charge in [-0.25, -0.2) is 4.98 Å². The Morgan fingerprint density at radius 3 is 2.59 bits per heavy atom. The van der Waals surface area contributed by atoms with Crippen LogP contribution in [0.4, 0.5) is 5.69 Å². The highest BCUT2D eigenvalue weighted by molar-refractivity contribution is 6.14. The summed E-state index contributed by atoms with van der Waals surface area (Å²) < 4.78 is 0. The average Bonchev–Trinajstić information content (AvgIpc) is 2.54. The van der Waals surface area contributed by atoms with E-state index in [0.717, 1.165) is 10.9 Å². The summed E-state index contributed by atoms with van der Waals surface area (Å²) in [6, 6.07) is 16.0. The van der Waals surface area contributed by atoms with Gasteiger partial charge in [0.25, 0.3) is 0 Å². The molecular weight excluding hydrogens is 276 g/mol. The Bertz CT molecular complexity index is 902. The van der Waals surface area contributed by atoms with Crippen LogP contribution in [0, 0.1) is 5.41 Å². The van der Waals surface area contributed by atoms with E-state index in [2.05, 4.69) is 4.98 Å². The summed E-state index contributed by atoms with van der Waals surface area (Å²) in [6.45, 7) is 0. The maximum Gasteiger partial charge on any atom is 0.248 e. The molecule has 0 saturated heterocycles. The lowest BCUT2D eigenvalue weighted by Gasteiger charge is -2.09. The number of hydrogen-bond acceptors (Lipinski definition) is 4. The third kappa shape index (κ3) is 2.40. The first-order chi connectivity index (χ1) is 10.6. The number of hydrogen-bond donors (Lipinski definition) is 3. The van der Waals surface area contributed by atoms with Crippen LogP contribution >= 0.6 is 0 Å². The van der Waals surface area contributed by atoms with Gasteiger partial charge in [-0.1, -0.05) is 24.3 Å². The minimum atomic E-state index is -0.555. The number of nitrogens with zero attached hydrogens (tertiary/aromatic N) is 1. The molecule has 0 saturated carbocycles. The Morgan fingerprint density at radius 1 is 1.05 bits per heavy atom. The number of nitrogen functional groups attached to an aromatic ring is 1. The van der Waals surface area contributed by atoms with Gasteiger partial charge < -0.3 is 11.5 Å². The average molecular weight is 290 g/mol. The Kier molecular flexibility index (Phi) is 3.31. The van der Waals surface area contributed by atoms with Gasteiger partial charge in [0.2, 0.25) is 5.91 Å². The fourth-order valence-electron chi connectivity index (χ4n) is 2.27. The number of pyridine rings is 1. The molecule has 5 heteroatoms. The molecule has 0 radical (unpaired) electrons. The molecule has 0 aliphatic heterocycles. The quantitative estimate of drug-likeness (QED) is 0.509. The molecular formula is C17H14N4O. The van der Waals surface area contributed by atoms with Gasteiger partial charge in [0.1, 0.15) is 0 Å². The zero-order chi connectivity index (χ0) is 15.7. The highest BCUT2D eigenvalue weighted by Crippen LogP contribution is 2.19. The van der Waals surface area contributed by atoms with Gasteiger partial charge in [-0.3, -0.25) is 10.2 Å². The Hall–Kier alpha value is -3.21. The molecule has 3 aromatic rings. The highest BCUT2D eigenvalue weighted by atomic mass is 16.1. The molecule has 22 heavy (non-hydrogen) atoms. The third-order valence-electron chi connectivity index (χ3n) is 3.46. The summed E-state index contributed by atoms with van der Waals surface area (Å²) in [5, 5.41) is 9.33. The number of carbonyl (C=O) groups is 1. The second-order valence-corrected chi connectivity index (χ2v) is 4.93. The van der Waals surface area contributed by atoms with Crippen molar-refractivity contribution in [2.24, 2.45) is 5.73 Å². The van der Waals surface area contributed by atoms with Crippen molar-refractivity contribution in [3.63, 3.8) is 0 Å². The summed E-state index contributed by atoms with van der Waals surface area (Å²) in [5.74, 6) is -0.555. The molecule has 108 valence electrons. The number of para-hydroxylation sites is 1. The van der Waals surface area contributed by atoms with Crippen LogP contribution in [0.15, 0.2) is 54.6 Å². The molecule has 2 aromatic carbocycles. The molecule has 0 aliphatic rings. The van der Waals surface area contributed by atoms with Crippen LogP contribution in [-0.4, -0.2) is 16.6 Å². The molecule has 1 heterocycles. The van der Waals surface area contributed by atoms with E-state index in [4.69, 9.17) is 16.9 Å². The lowest BCUT2D eigenvalue weighted by atomic mass is 10.0. The van der Waals surface area contributed by atoms with Crippen molar-refractivity contribution >= 4 is 28.2 Å². The van der Waals surface area contributed by atoms with Crippen LogP contribution in [0.1, 0.15) is 21.6 Å². The first-order valence-electron chi connectivity index (χ1n) is 6.70. The first-order valence-corrected chi connectivity index (χ1v) is 6.70. The van der Waals surface area contributed by atoms with Crippen molar-refractivity contribution in [2.45, 2.75) is 0 Å². The molecule has 0 atom stereocenters. The van der Waals surface area contributed by atoms with Crippen LogP contribution in [0.25, 0.3) is 10.9 Å². The highest BCUT2D eigenvalue weighted by Gasteiger charge is 2.13. The van der Waals surface area contributed by atoms with Gasteiger partial charge >= 0.3 is 0 Å². The second-order valence-electron chi connectivity index (χ2n) is 4.93. The summed E-state index contributed by atoms with van der Waals surface area (Å²) >= 11 is 0. The summed E-state index contributed by atoms with van der Waals surface area (Å²) in [5.41, 5.74) is 13.8. The summed E-state index contributed by atoms with van der Waals surface area (Å²) in [4.78, 5) is 15.8. The van der Waals surface area contributed by atoms with E-state index < -0.39 is 5.91 Å². The van der Waals surface area contributed by atoms with E-state index in [0.29, 0.717) is 22.5 Å². The molecule has 0 unspecified atom stereocenters. The Labute approximate surface area is 127 Å².